The van der Waals surface area contributed by atoms with Crippen LogP contribution in [0.5, 0.6) is 0 Å². The topological polar surface area (TPSA) is 181 Å². The zero-order chi connectivity index (χ0) is 23.3. The van der Waals surface area contributed by atoms with Gasteiger partial charge in [-0.3, -0.25) is 14.6 Å². The van der Waals surface area contributed by atoms with Gasteiger partial charge in [0.1, 0.15) is 0 Å². The van der Waals surface area contributed by atoms with Crippen molar-refractivity contribution < 1.29 is 14.4 Å². The highest BCUT2D eigenvalue weighted by molar-refractivity contribution is 5.96. The quantitative estimate of drug-likeness (QED) is 0.235. The van der Waals surface area contributed by atoms with E-state index in [0.717, 1.165) is 10.9 Å². The van der Waals surface area contributed by atoms with Gasteiger partial charge in [-0.15, -0.1) is 0 Å². The zero-order valence-corrected chi connectivity index (χ0v) is 18.0. The molecule has 1 aromatic heterocycles. The van der Waals surface area contributed by atoms with E-state index in [0.29, 0.717) is 51.3 Å². The third-order valence-electron chi connectivity index (χ3n) is 4.69. The molecule has 0 radical (unpaired) electrons. The summed E-state index contributed by atoms with van der Waals surface area (Å²) in [5.41, 5.74) is 18.2. The number of nitrogens with zero attached hydrogens (tertiary/aromatic N) is 2. The van der Waals surface area contributed by atoms with Crippen molar-refractivity contribution in [3.05, 3.63) is 36.5 Å². The summed E-state index contributed by atoms with van der Waals surface area (Å²) in [6, 6.07) is 8.33. The van der Waals surface area contributed by atoms with E-state index in [1.54, 1.807) is 6.20 Å². The molecule has 11 nitrogen and oxygen atoms in total. The molecule has 0 aliphatic carbocycles. The molecule has 0 saturated heterocycles. The van der Waals surface area contributed by atoms with Gasteiger partial charge in [-0.05, 0) is 25.0 Å². The number of benzene rings is 1. The van der Waals surface area contributed by atoms with E-state index in [1.165, 1.54) is 4.90 Å². The fraction of sp³-hybridized carbons (Fsp3) is 0.429. The van der Waals surface area contributed by atoms with Crippen molar-refractivity contribution in [2.45, 2.75) is 18.9 Å². The Balaban J connectivity index is 1.67. The summed E-state index contributed by atoms with van der Waals surface area (Å²) in [7, 11) is 0. The predicted octanol–water partition coefficient (Wildman–Crippen LogP) is -0.674. The SMILES string of the molecule is NCCN(CCN)C(=O)NCCCC(N)C(=O)NCC(=O)Nc1cnc2ccccc2c1. The maximum Gasteiger partial charge on any atom is 0.317 e. The Morgan fingerprint density at radius 2 is 1.78 bits per heavy atom. The van der Waals surface area contributed by atoms with Gasteiger partial charge in [0.25, 0.3) is 0 Å². The van der Waals surface area contributed by atoms with E-state index in [4.69, 9.17) is 17.2 Å². The van der Waals surface area contributed by atoms with Crippen LogP contribution in [-0.4, -0.2) is 73.0 Å². The Hall–Kier alpha value is -3.28. The summed E-state index contributed by atoms with van der Waals surface area (Å²) in [5.74, 6) is -0.814. The monoisotopic (exact) mass is 444 g/mol. The van der Waals surface area contributed by atoms with Gasteiger partial charge in [-0.25, -0.2) is 4.79 Å². The predicted molar refractivity (Wildman–Crippen MR) is 124 cm³/mol. The summed E-state index contributed by atoms with van der Waals surface area (Å²) < 4.78 is 0. The van der Waals surface area contributed by atoms with Gasteiger partial charge in [0.05, 0.1) is 30.0 Å². The van der Waals surface area contributed by atoms with Crippen molar-refractivity contribution in [1.29, 1.82) is 0 Å². The first-order chi connectivity index (χ1) is 15.4. The molecule has 1 atom stereocenters. The van der Waals surface area contributed by atoms with Crippen LogP contribution in [0.2, 0.25) is 0 Å². The molecule has 0 aliphatic heterocycles. The first-order valence-electron chi connectivity index (χ1n) is 10.6. The number of rotatable bonds is 12. The molecule has 0 spiro atoms. The maximum atomic E-state index is 12.1. The van der Waals surface area contributed by atoms with Crippen molar-refractivity contribution in [2.24, 2.45) is 17.2 Å². The Morgan fingerprint density at radius 1 is 1.06 bits per heavy atom. The van der Waals surface area contributed by atoms with Crippen LogP contribution in [-0.2, 0) is 9.59 Å². The molecule has 1 heterocycles. The van der Waals surface area contributed by atoms with Gasteiger partial charge < -0.3 is 38.1 Å². The number of urea groups is 1. The van der Waals surface area contributed by atoms with Gasteiger partial charge >= 0.3 is 6.03 Å². The molecule has 2 aromatic rings. The molecule has 2 rings (SSSR count). The number of anilines is 1. The smallest absolute Gasteiger partial charge is 0.317 e. The number of amides is 4. The molecule has 174 valence electrons. The van der Waals surface area contributed by atoms with Crippen LogP contribution >= 0.6 is 0 Å². The Morgan fingerprint density at radius 3 is 2.50 bits per heavy atom. The highest BCUT2D eigenvalue weighted by Crippen LogP contribution is 2.15. The Labute approximate surface area is 187 Å². The normalized spacial score (nSPS) is 11.6. The minimum absolute atomic E-state index is 0.205. The maximum absolute atomic E-state index is 12.1. The highest BCUT2D eigenvalue weighted by atomic mass is 16.2. The number of hydrogen-bond donors (Lipinski definition) is 6. The molecule has 0 aliphatic rings. The fourth-order valence-electron chi connectivity index (χ4n) is 3.03. The summed E-state index contributed by atoms with van der Waals surface area (Å²) in [5, 5.41) is 8.87. The summed E-state index contributed by atoms with van der Waals surface area (Å²) in [6.45, 7) is 1.70. The number of carbonyl (C=O) groups excluding carboxylic acids is 3. The van der Waals surface area contributed by atoms with Crippen molar-refractivity contribution in [3.8, 4) is 0 Å². The molecule has 4 amide bonds. The molecule has 0 fully saturated rings. The van der Waals surface area contributed by atoms with Gasteiger partial charge in [0, 0.05) is 38.1 Å². The highest BCUT2D eigenvalue weighted by Gasteiger charge is 2.15. The number of nitrogens with two attached hydrogens (primary N) is 3. The van der Waals surface area contributed by atoms with Crippen LogP contribution in [0.1, 0.15) is 12.8 Å². The molecule has 9 N–H and O–H groups in total. The van der Waals surface area contributed by atoms with Crippen LogP contribution < -0.4 is 33.2 Å². The molecule has 1 aromatic carbocycles. The molecular weight excluding hydrogens is 412 g/mol. The van der Waals surface area contributed by atoms with Gasteiger partial charge in [0.2, 0.25) is 11.8 Å². The van der Waals surface area contributed by atoms with Crippen LogP contribution in [0.15, 0.2) is 36.5 Å². The molecular formula is C21H32N8O3. The Bertz CT molecular complexity index is 901. The second-order valence-electron chi connectivity index (χ2n) is 7.23. The van der Waals surface area contributed by atoms with Gasteiger partial charge in [-0.1, -0.05) is 18.2 Å². The molecule has 11 heteroatoms. The number of nitrogens with one attached hydrogen (secondary N) is 3. The lowest BCUT2D eigenvalue weighted by atomic mass is 10.1. The molecule has 1 unspecified atom stereocenters. The van der Waals surface area contributed by atoms with Crippen LogP contribution in [0, 0.1) is 0 Å². The third kappa shape index (κ3) is 8.10. The standard InChI is InChI=1S/C21H32N8O3/c22-7-10-29(11-8-23)21(32)25-9-3-5-17(24)20(31)27-14-19(30)28-16-12-15-4-1-2-6-18(15)26-13-16/h1-2,4,6,12-13,17H,3,5,7-11,14,22-24H2,(H,25,32)(H,27,31)(H,28,30). The lowest BCUT2D eigenvalue weighted by Gasteiger charge is -2.21. The van der Waals surface area contributed by atoms with E-state index in [2.05, 4.69) is 20.9 Å². The van der Waals surface area contributed by atoms with E-state index in [-0.39, 0.29) is 18.5 Å². The van der Waals surface area contributed by atoms with Crippen LogP contribution in [0.4, 0.5) is 10.5 Å². The number of pyridine rings is 1. The Kier molecular flexibility index (Phi) is 10.3. The largest absolute Gasteiger partial charge is 0.346 e. The van der Waals surface area contributed by atoms with Gasteiger partial charge in [0.15, 0.2) is 0 Å². The van der Waals surface area contributed by atoms with Gasteiger partial charge in [-0.2, -0.15) is 0 Å². The first-order valence-corrected chi connectivity index (χ1v) is 10.6. The van der Waals surface area contributed by atoms with Crippen molar-refractivity contribution in [1.82, 2.24) is 20.5 Å². The van der Waals surface area contributed by atoms with E-state index < -0.39 is 11.9 Å². The van der Waals surface area contributed by atoms with Crippen LogP contribution in [0.25, 0.3) is 10.9 Å². The summed E-state index contributed by atoms with van der Waals surface area (Å²) in [6.07, 6.45) is 2.43. The summed E-state index contributed by atoms with van der Waals surface area (Å²) >= 11 is 0. The number of carbonyl (C=O) groups is 3. The fourth-order valence-corrected chi connectivity index (χ4v) is 3.03. The average Bonchev–Trinajstić information content (AvgIpc) is 2.79. The second kappa shape index (κ2) is 13.2. The van der Waals surface area contributed by atoms with Crippen molar-refractivity contribution >= 4 is 34.4 Å². The van der Waals surface area contributed by atoms with Crippen molar-refractivity contribution in [2.75, 3.05) is 44.6 Å². The second-order valence-corrected chi connectivity index (χ2v) is 7.23. The number of fused-ring (bicyclic) bond motifs is 1. The molecule has 0 bridgehead atoms. The molecule has 0 saturated carbocycles. The van der Waals surface area contributed by atoms with E-state index in [1.807, 2.05) is 30.3 Å². The molecule has 32 heavy (non-hydrogen) atoms. The van der Waals surface area contributed by atoms with Crippen molar-refractivity contribution in [3.63, 3.8) is 0 Å². The number of hydrogen-bond acceptors (Lipinski definition) is 7. The van der Waals surface area contributed by atoms with E-state index >= 15 is 0 Å². The zero-order valence-electron chi connectivity index (χ0n) is 18.0. The van der Waals surface area contributed by atoms with Crippen LogP contribution in [0.3, 0.4) is 0 Å². The van der Waals surface area contributed by atoms with E-state index in [9.17, 15) is 14.4 Å². The lowest BCUT2D eigenvalue weighted by molar-refractivity contribution is -0.125. The minimum atomic E-state index is -0.786. The minimum Gasteiger partial charge on any atom is -0.346 e. The third-order valence-corrected chi connectivity index (χ3v) is 4.69. The average molecular weight is 445 g/mol. The number of aromatic nitrogens is 1. The number of para-hydroxylation sites is 1. The first kappa shape index (κ1) is 25.0. The summed E-state index contributed by atoms with van der Waals surface area (Å²) in [4.78, 5) is 42.1. The lowest BCUT2D eigenvalue weighted by Crippen LogP contribution is -2.46.